The monoisotopic (exact) mass is 526 g/mol. The largest absolute Gasteiger partial charge is 0.493 e. The fraction of sp³-hybridized carbons (Fsp3) is 0.448. The van der Waals surface area contributed by atoms with Crippen LogP contribution in [0.5, 0.6) is 28.7 Å². The van der Waals surface area contributed by atoms with Crippen LogP contribution in [0.15, 0.2) is 41.8 Å². The van der Waals surface area contributed by atoms with Gasteiger partial charge in [-0.2, -0.15) is 0 Å². The standard InChI is InChI=1S/C29H38N2O5S/c1-32-23-8-7-21(19-24(23)33-2)28-22-11-16-37-27(22)10-15-31(28)14-6-12-30-13-9-20-17-25(34-3)29(36-5)26(18-20)35-4/h7-8,11,16-19,28,30H,6,9-10,12-15H2,1-5H3. The third-order valence-corrected chi connectivity index (χ3v) is 7.90. The highest BCUT2D eigenvalue weighted by Crippen LogP contribution is 2.41. The van der Waals surface area contributed by atoms with Crippen LogP contribution in [0, 0.1) is 0 Å². The van der Waals surface area contributed by atoms with Crippen LogP contribution in [0.2, 0.25) is 0 Å². The molecule has 2 heterocycles. The van der Waals surface area contributed by atoms with E-state index in [1.54, 1.807) is 35.5 Å². The van der Waals surface area contributed by atoms with Crippen LogP contribution < -0.4 is 29.0 Å². The smallest absolute Gasteiger partial charge is 0.203 e. The van der Waals surface area contributed by atoms with Gasteiger partial charge < -0.3 is 29.0 Å². The van der Waals surface area contributed by atoms with Gasteiger partial charge in [0.2, 0.25) is 5.75 Å². The number of ether oxygens (including phenoxy) is 5. The lowest BCUT2D eigenvalue weighted by molar-refractivity contribution is 0.211. The number of fused-ring (bicyclic) bond motifs is 1. The van der Waals surface area contributed by atoms with Crippen LogP contribution in [-0.2, 0) is 12.8 Å². The highest BCUT2D eigenvalue weighted by atomic mass is 32.1. The molecule has 0 saturated heterocycles. The molecule has 1 atom stereocenters. The summed E-state index contributed by atoms with van der Waals surface area (Å²) in [6.07, 6.45) is 3.05. The van der Waals surface area contributed by atoms with E-state index in [1.807, 2.05) is 29.5 Å². The molecule has 1 aromatic heterocycles. The molecule has 8 heteroatoms. The van der Waals surface area contributed by atoms with Crippen LogP contribution >= 0.6 is 11.3 Å². The minimum atomic E-state index is 0.231. The number of hydrogen-bond donors (Lipinski definition) is 1. The van der Waals surface area contributed by atoms with Gasteiger partial charge in [0.1, 0.15) is 0 Å². The number of nitrogens with zero attached hydrogens (tertiary/aromatic N) is 1. The fourth-order valence-corrected chi connectivity index (χ4v) is 5.97. The average molecular weight is 527 g/mol. The summed E-state index contributed by atoms with van der Waals surface area (Å²) in [5.74, 6) is 3.54. The topological polar surface area (TPSA) is 61.4 Å². The Kier molecular flexibility index (Phi) is 9.55. The van der Waals surface area contributed by atoms with E-state index in [1.165, 1.54) is 16.0 Å². The minimum Gasteiger partial charge on any atom is -0.493 e. The Morgan fingerprint density at radius 3 is 2.24 bits per heavy atom. The van der Waals surface area contributed by atoms with Crippen molar-refractivity contribution in [1.82, 2.24) is 10.2 Å². The number of methoxy groups -OCH3 is 5. The molecule has 4 rings (SSSR count). The molecular formula is C29H38N2O5S. The minimum absolute atomic E-state index is 0.231. The van der Waals surface area contributed by atoms with Crippen LogP contribution in [0.3, 0.4) is 0 Å². The predicted molar refractivity (Wildman–Crippen MR) is 148 cm³/mol. The average Bonchev–Trinajstić information content (AvgIpc) is 3.42. The van der Waals surface area contributed by atoms with Gasteiger partial charge in [-0.3, -0.25) is 4.90 Å². The molecule has 0 radical (unpaired) electrons. The highest BCUT2D eigenvalue weighted by Gasteiger charge is 2.30. The third kappa shape index (κ3) is 6.14. The van der Waals surface area contributed by atoms with Crippen molar-refractivity contribution in [2.75, 3.05) is 61.7 Å². The second kappa shape index (κ2) is 13.0. The Bertz CT molecular complexity index is 1140. The molecule has 0 amide bonds. The van der Waals surface area contributed by atoms with Crippen molar-refractivity contribution in [1.29, 1.82) is 0 Å². The number of rotatable bonds is 13. The lowest BCUT2D eigenvalue weighted by Crippen LogP contribution is -2.37. The van der Waals surface area contributed by atoms with Gasteiger partial charge in [0.05, 0.1) is 41.6 Å². The van der Waals surface area contributed by atoms with Crippen molar-refractivity contribution in [3.05, 3.63) is 63.3 Å². The van der Waals surface area contributed by atoms with Gasteiger partial charge in [-0.15, -0.1) is 11.3 Å². The Balaban J connectivity index is 1.35. The van der Waals surface area contributed by atoms with Crippen LogP contribution in [0.4, 0.5) is 0 Å². The molecule has 0 bridgehead atoms. The van der Waals surface area contributed by atoms with Gasteiger partial charge in [-0.25, -0.2) is 0 Å². The van der Waals surface area contributed by atoms with E-state index < -0.39 is 0 Å². The summed E-state index contributed by atoms with van der Waals surface area (Å²) in [7, 11) is 8.29. The number of nitrogens with one attached hydrogen (secondary N) is 1. The molecule has 7 nitrogen and oxygen atoms in total. The van der Waals surface area contributed by atoms with E-state index in [-0.39, 0.29) is 6.04 Å². The number of hydrogen-bond acceptors (Lipinski definition) is 8. The first kappa shape index (κ1) is 27.1. The maximum Gasteiger partial charge on any atom is 0.203 e. The molecule has 1 aliphatic rings. The van der Waals surface area contributed by atoms with Gasteiger partial charge >= 0.3 is 0 Å². The summed E-state index contributed by atoms with van der Waals surface area (Å²) < 4.78 is 27.5. The van der Waals surface area contributed by atoms with Crippen molar-refractivity contribution in [2.24, 2.45) is 0 Å². The maximum absolute atomic E-state index is 5.60. The Hall–Kier alpha value is -2.94. The normalized spacial score (nSPS) is 15.2. The van der Waals surface area contributed by atoms with Crippen molar-refractivity contribution in [3.8, 4) is 28.7 Å². The van der Waals surface area contributed by atoms with Gasteiger partial charge in [-0.05, 0) is 84.8 Å². The van der Waals surface area contributed by atoms with Crippen LogP contribution in [-0.4, -0.2) is 66.6 Å². The van der Waals surface area contributed by atoms with Gasteiger partial charge in [-0.1, -0.05) is 6.07 Å². The van der Waals surface area contributed by atoms with Crippen LogP contribution in [0.1, 0.15) is 34.0 Å². The molecule has 1 N–H and O–H groups in total. The van der Waals surface area contributed by atoms with Crippen molar-refractivity contribution >= 4 is 11.3 Å². The zero-order chi connectivity index (χ0) is 26.2. The Morgan fingerprint density at radius 2 is 1.57 bits per heavy atom. The molecule has 0 fully saturated rings. The summed E-state index contributed by atoms with van der Waals surface area (Å²) >= 11 is 1.86. The van der Waals surface area contributed by atoms with Crippen LogP contribution in [0.25, 0.3) is 0 Å². The zero-order valence-electron chi connectivity index (χ0n) is 22.5. The lowest BCUT2D eigenvalue weighted by atomic mass is 9.93. The molecule has 1 unspecified atom stereocenters. The predicted octanol–water partition coefficient (Wildman–Crippen LogP) is 4.96. The van der Waals surface area contributed by atoms with Gasteiger partial charge in [0, 0.05) is 18.0 Å². The second-order valence-corrected chi connectivity index (χ2v) is 9.99. The highest BCUT2D eigenvalue weighted by molar-refractivity contribution is 7.10. The van der Waals surface area contributed by atoms with Gasteiger partial charge in [0.25, 0.3) is 0 Å². The molecule has 0 aliphatic carbocycles. The van der Waals surface area contributed by atoms with E-state index in [4.69, 9.17) is 23.7 Å². The molecule has 0 saturated carbocycles. The summed E-state index contributed by atoms with van der Waals surface area (Å²) in [6, 6.07) is 12.8. The quantitative estimate of drug-likeness (QED) is 0.316. The SMILES string of the molecule is COc1ccc(C2c3ccsc3CCN2CCCNCCc2cc(OC)c(OC)c(OC)c2)cc1OC. The first-order chi connectivity index (χ1) is 18.1. The number of benzene rings is 2. The molecule has 0 spiro atoms. The zero-order valence-corrected chi connectivity index (χ0v) is 23.3. The second-order valence-electron chi connectivity index (χ2n) is 8.99. The first-order valence-electron chi connectivity index (χ1n) is 12.6. The first-order valence-corrected chi connectivity index (χ1v) is 13.5. The Morgan fingerprint density at radius 1 is 0.838 bits per heavy atom. The van der Waals surface area contributed by atoms with Crippen molar-refractivity contribution in [3.63, 3.8) is 0 Å². The number of thiophene rings is 1. The molecule has 3 aromatic rings. The molecule has 37 heavy (non-hydrogen) atoms. The molecule has 2 aromatic carbocycles. The Labute approximate surface area is 224 Å². The van der Waals surface area contributed by atoms with Crippen molar-refractivity contribution < 1.29 is 23.7 Å². The fourth-order valence-electron chi connectivity index (χ4n) is 5.07. The third-order valence-electron chi connectivity index (χ3n) is 6.90. The maximum atomic E-state index is 5.60. The van der Waals surface area contributed by atoms with E-state index in [0.717, 1.165) is 62.5 Å². The van der Waals surface area contributed by atoms with E-state index in [9.17, 15) is 0 Å². The molecular weight excluding hydrogens is 488 g/mol. The summed E-state index contributed by atoms with van der Waals surface area (Å²) in [6.45, 7) is 3.91. The van der Waals surface area contributed by atoms with Crippen molar-refractivity contribution in [2.45, 2.75) is 25.3 Å². The summed E-state index contributed by atoms with van der Waals surface area (Å²) in [5, 5.41) is 5.82. The molecule has 1 aliphatic heterocycles. The van der Waals surface area contributed by atoms with E-state index >= 15 is 0 Å². The van der Waals surface area contributed by atoms with E-state index in [2.05, 4.69) is 33.8 Å². The van der Waals surface area contributed by atoms with E-state index in [0.29, 0.717) is 17.2 Å². The van der Waals surface area contributed by atoms with Gasteiger partial charge in [0.15, 0.2) is 23.0 Å². The lowest BCUT2D eigenvalue weighted by Gasteiger charge is -2.36. The summed E-state index contributed by atoms with van der Waals surface area (Å²) in [5.41, 5.74) is 3.81. The molecule has 200 valence electrons. The summed E-state index contributed by atoms with van der Waals surface area (Å²) in [4.78, 5) is 4.08.